The molecular formula is C21H23FN2O2. The summed E-state index contributed by atoms with van der Waals surface area (Å²) in [6.07, 6.45) is 0.188. The molecule has 0 fully saturated rings. The van der Waals surface area contributed by atoms with Gasteiger partial charge in [0.05, 0.1) is 12.5 Å². The highest BCUT2D eigenvalue weighted by molar-refractivity contribution is 5.98. The minimum atomic E-state index is -0.413. The molecule has 0 spiro atoms. The summed E-state index contributed by atoms with van der Waals surface area (Å²) in [5, 5.41) is 0. The predicted octanol–water partition coefficient (Wildman–Crippen LogP) is 3.78. The standard InChI is InChI=1S/C21H23FN2O2/c1-3-23(4-2)20(25)13-19(15-9-11-17(22)12-10-15)24-14-16-7-5-6-8-18(16)21(24)26/h5-12,19H,3-4,13-14H2,1-2H3/t19-/m0/s1. The number of rotatable bonds is 6. The molecule has 0 unspecified atom stereocenters. The molecule has 0 radical (unpaired) electrons. The van der Waals surface area contributed by atoms with E-state index in [2.05, 4.69) is 0 Å². The molecule has 0 saturated carbocycles. The maximum Gasteiger partial charge on any atom is 0.255 e. The molecule has 1 atom stereocenters. The van der Waals surface area contributed by atoms with Crippen molar-refractivity contribution in [1.29, 1.82) is 0 Å². The van der Waals surface area contributed by atoms with Gasteiger partial charge in [0, 0.05) is 25.2 Å². The normalized spacial score (nSPS) is 14.3. The van der Waals surface area contributed by atoms with Crippen LogP contribution in [0.2, 0.25) is 0 Å². The van der Waals surface area contributed by atoms with Gasteiger partial charge in [0.2, 0.25) is 5.91 Å². The molecular weight excluding hydrogens is 331 g/mol. The number of benzene rings is 2. The van der Waals surface area contributed by atoms with E-state index < -0.39 is 6.04 Å². The monoisotopic (exact) mass is 354 g/mol. The molecule has 1 aliphatic rings. The topological polar surface area (TPSA) is 40.6 Å². The molecule has 0 N–H and O–H groups in total. The van der Waals surface area contributed by atoms with Crippen LogP contribution < -0.4 is 0 Å². The molecule has 5 heteroatoms. The maximum atomic E-state index is 13.4. The first-order chi connectivity index (χ1) is 12.5. The minimum Gasteiger partial charge on any atom is -0.343 e. The Bertz CT molecular complexity index is 800. The van der Waals surface area contributed by atoms with Crippen LogP contribution in [-0.2, 0) is 11.3 Å². The van der Waals surface area contributed by atoms with Gasteiger partial charge in [0.1, 0.15) is 5.82 Å². The lowest BCUT2D eigenvalue weighted by Crippen LogP contribution is -2.36. The third kappa shape index (κ3) is 3.47. The van der Waals surface area contributed by atoms with Crippen molar-refractivity contribution in [3.8, 4) is 0 Å². The summed E-state index contributed by atoms with van der Waals surface area (Å²) < 4.78 is 13.4. The first kappa shape index (κ1) is 18.1. The van der Waals surface area contributed by atoms with Crippen LogP contribution in [0.4, 0.5) is 4.39 Å². The summed E-state index contributed by atoms with van der Waals surface area (Å²) in [5.41, 5.74) is 2.41. The Morgan fingerprint density at radius 3 is 2.38 bits per heavy atom. The van der Waals surface area contributed by atoms with Gasteiger partial charge in [-0.05, 0) is 43.2 Å². The first-order valence-electron chi connectivity index (χ1n) is 8.97. The summed E-state index contributed by atoms with van der Waals surface area (Å²) >= 11 is 0. The summed E-state index contributed by atoms with van der Waals surface area (Å²) in [5.74, 6) is -0.422. The molecule has 2 amide bonds. The van der Waals surface area contributed by atoms with Crippen LogP contribution in [0.25, 0.3) is 0 Å². The van der Waals surface area contributed by atoms with Crippen molar-refractivity contribution >= 4 is 11.8 Å². The number of hydrogen-bond acceptors (Lipinski definition) is 2. The average Bonchev–Trinajstić information content (AvgIpc) is 2.98. The van der Waals surface area contributed by atoms with E-state index in [4.69, 9.17) is 0 Å². The Labute approximate surface area is 153 Å². The summed E-state index contributed by atoms with van der Waals surface area (Å²) in [7, 11) is 0. The molecule has 2 aromatic rings. The zero-order valence-electron chi connectivity index (χ0n) is 15.1. The predicted molar refractivity (Wildman–Crippen MR) is 98.0 cm³/mol. The Morgan fingerprint density at radius 1 is 1.12 bits per heavy atom. The summed E-state index contributed by atoms with van der Waals surface area (Å²) in [6.45, 7) is 5.58. The Kier molecular flexibility index (Phi) is 5.35. The number of nitrogens with zero attached hydrogens (tertiary/aromatic N) is 2. The lowest BCUT2D eigenvalue weighted by molar-refractivity contribution is -0.132. The van der Waals surface area contributed by atoms with E-state index >= 15 is 0 Å². The number of amides is 2. The fraction of sp³-hybridized carbons (Fsp3) is 0.333. The van der Waals surface area contributed by atoms with Crippen LogP contribution in [0.15, 0.2) is 48.5 Å². The molecule has 0 bridgehead atoms. The quantitative estimate of drug-likeness (QED) is 0.792. The SMILES string of the molecule is CCN(CC)C(=O)C[C@@H](c1ccc(F)cc1)N1Cc2ccccc2C1=O. The highest BCUT2D eigenvalue weighted by Crippen LogP contribution is 2.33. The molecule has 1 aliphatic heterocycles. The van der Waals surface area contributed by atoms with E-state index in [1.807, 2.05) is 38.1 Å². The first-order valence-corrected chi connectivity index (χ1v) is 8.97. The fourth-order valence-electron chi connectivity index (χ4n) is 3.49. The van der Waals surface area contributed by atoms with Gasteiger partial charge < -0.3 is 9.80 Å². The number of fused-ring (bicyclic) bond motifs is 1. The lowest BCUT2D eigenvalue weighted by Gasteiger charge is -2.30. The zero-order chi connectivity index (χ0) is 18.7. The van der Waals surface area contributed by atoms with Crippen molar-refractivity contribution < 1.29 is 14.0 Å². The van der Waals surface area contributed by atoms with Crippen molar-refractivity contribution in [3.05, 3.63) is 71.0 Å². The Morgan fingerprint density at radius 2 is 1.77 bits per heavy atom. The van der Waals surface area contributed by atoms with Crippen molar-refractivity contribution in [2.45, 2.75) is 32.9 Å². The number of carbonyl (C=O) groups is 2. The third-order valence-corrected chi connectivity index (χ3v) is 4.96. The van der Waals surface area contributed by atoms with Crippen LogP contribution in [0, 0.1) is 5.82 Å². The van der Waals surface area contributed by atoms with Crippen LogP contribution in [0.5, 0.6) is 0 Å². The van der Waals surface area contributed by atoms with Crippen LogP contribution in [-0.4, -0.2) is 34.7 Å². The van der Waals surface area contributed by atoms with E-state index in [1.165, 1.54) is 12.1 Å². The summed E-state index contributed by atoms with van der Waals surface area (Å²) in [4.78, 5) is 29.1. The van der Waals surface area contributed by atoms with Crippen molar-refractivity contribution in [2.24, 2.45) is 0 Å². The van der Waals surface area contributed by atoms with E-state index in [-0.39, 0.29) is 24.1 Å². The second-order valence-corrected chi connectivity index (χ2v) is 6.43. The number of halogens is 1. The number of carbonyl (C=O) groups excluding carboxylic acids is 2. The molecule has 0 aliphatic carbocycles. The van der Waals surface area contributed by atoms with Gasteiger partial charge in [-0.1, -0.05) is 30.3 Å². The van der Waals surface area contributed by atoms with Crippen LogP contribution in [0.3, 0.4) is 0 Å². The molecule has 26 heavy (non-hydrogen) atoms. The highest BCUT2D eigenvalue weighted by Gasteiger charge is 2.34. The second kappa shape index (κ2) is 7.68. The fourth-order valence-corrected chi connectivity index (χ4v) is 3.49. The van der Waals surface area contributed by atoms with Gasteiger partial charge >= 0.3 is 0 Å². The average molecular weight is 354 g/mol. The Hall–Kier alpha value is -2.69. The van der Waals surface area contributed by atoms with E-state index in [0.717, 1.165) is 11.1 Å². The van der Waals surface area contributed by atoms with Crippen molar-refractivity contribution in [3.63, 3.8) is 0 Å². The number of hydrogen-bond donors (Lipinski definition) is 0. The van der Waals surface area contributed by atoms with E-state index in [0.29, 0.717) is 25.2 Å². The van der Waals surface area contributed by atoms with Crippen molar-refractivity contribution in [1.82, 2.24) is 9.80 Å². The van der Waals surface area contributed by atoms with Crippen molar-refractivity contribution in [2.75, 3.05) is 13.1 Å². The smallest absolute Gasteiger partial charge is 0.255 e. The van der Waals surface area contributed by atoms with Gasteiger partial charge in [-0.15, -0.1) is 0 Å². The molecule has 0 aromatic heterocycles. The lowest BCUT2D eigenvalue weighted by atomic mass is 10.0. The van der Waals surface area contributed by atoms with Gasteiger partial charge in [0.25, 0.3) is 5.91 Å². The molecule has 1 heterocycles. The van der Waals surface area contributed by atoms with Gasteiger partial charge in [-0.3, -0.25) is 9.59 Å². The molecule has 0 saturated heterocycles. The van der Waals surface area contributed by atoms with Crippen LogP contribution in [0.1, 0.15) is 47.8 Å². The Balaban J connectivity index is 1.92. The summed E-state index contributed by atoms with van der Waals surface area (Å²) in [6, 6.07) is 13.1. The largest absolute Gasteiger partial charge is 0.343 e. The molecule has 136 valence electrons. The zero-order valence-corrected chi connectivity index (χ0v) is 15.1. The van der Waals surface area contributed by atoms with Gasteiger partial charge in [-0.25, -0.2) is 4.39 Å². The molecule has 3 rings (SSSR count). The second-order valence-electron chi connectivity index (χ2n) is 6.43. The van der Waals surface area contributed by atoms with Gasteiger partial charge in [0.15, 0.2) is 0 Å². The highest BCUT2D eigenvalue weighted by atomic mass is 19.1. The van der Waals surface area contributed by atoms with E-state index in [1.54, 1.807) is 21.9 Å². The van der Waals surface area contributed by atoms with Crippen LogP contribution >= 0.6 is 0 Å². The molecule has 4 nitrogen and oxygen atoms in total. The third-order valence-electron chi connectivity index (χ3n) is 4.96. The maximum absolute atomic E-state index is 13.4. The van der Waals surface area contributed by atoms with E-state index in [9.17, 15) is 14.0 Å². The molecule has 2 aromatic carbocycles. The van der Waals surface area contributed by atoms with Gasteiger partial charge in [-0.2, -0.15) is 0 Å². The minimum absolute atomic E-state index is 0.00641.